The minimum absolute atomic E-state index is 0.0907. The predicted molar refractivity (Wildman–Crippen MR) is 130 cm³/mol. The van der Waals surface area contributed by atoms with E-state index in [4.69, 9.17) is 0 Å². The van der Waals surface area contributed by atoms with Crippen LogP contribution in [0.1, 0.15) is 85.6 Å². The maximum Gasteiger partial charge on any atom is 0.185 e. The van der Waals surface area contributed by atoms with Crippen LogP contribution in [0.5, 0.6) is 0 Å². The Kier molecular flexibility index (Phi) is 8.33. The van der Waals surface area contributed by atoms with Gasteiger partial charge in [-0.3, -0.25) is 0 Å². The maximum atomic E-state index is 13.9. The zero-order chi connectivity index (χ0) is 22.5. The molecule has 2 rings (SSSR count). The Labute approximate surface area is 185 Å². The van der Waals surface area contributed by atoms with Crippen LogP contribution < -0.4 is 0 Å². The van der Waals surface area contributed by atoms with E-state index < -0.39 is 15.1 Å². The largest absolute Gasteiger partial charge is 0.223 e. The summed E-state index contributed by atoms with van der Waals surface area (Å²) in [6.07, 6.45) is 10.1. The van der Waals surface area contributed by atoms with E-state index in [1.807, 2.05) is 19.1 Å². The topological polar surface area (TPSA) is 34.1 Å². The van der Waals surface area contributed by atoms with E-state index in [1.165, 1.54) is 16.7 Å². The van der Waals surface area contributed by atoms with Crippen molar-refractivity contribution >= 4 is 9.84 Å². The van der Waals surface area contributed by atoms with Crippen LogP contribution in [0.2, 0.25) is 0 Å². The maximum absolute atomic E-state index is 13.9. The number of aryl methyl sites for hydroxylation is 1. The smallest absolute Gasteiger partial charge is 0.185 e. The van der Waals surface area contributed by atoms with Gasteiger partial charge in [0.2, 0.25) is 0 Å². The first-order chi connectivity index (χ1) is 14.0. The molecule has 3 heteroatoms. The summed E-state index contributed by atoms with van der Waals surface area (Å²) in [7, 11) is -3.47. The molecule has 1 atom stereocenters. The molecule has 0 fully saturated rings. The third-order valence-electron chi connectivity index (χ3n) is 6.62. The SMILES string of the molecule is CC=C(C)CCC=C(C)CC(C1=C(C)CCCC1(C)C)S(=O)(=O)c1ccc(C)cc1. The lowest BCUT2D eigenvalue weighted by Crippen LogP contribution is -2.34. The summed E-state index contributed by atoms with van der Waals surface area (Å²) in [5.41, 5.74) is 5.94. The minimum atomic E-state index is -3.47. The van der Waals surface area contributed by atoms with Gasteiger partial charge in [-0.15, -0.1) is 0 Å². The van der Waals surface area contributed by atoms with E-state index in [0.717, 1.165) is 43.2 Å². The van der Waals surface area contributed by atoms with Gasteiger partial charge in [0.15, 0.2) is 9.84 Å². The summed E-state index contributed by atoms with van der Waals surface area (Å²) < 4.78 is 27.7. The van der Waals surface area contributed by atoms with E-state index in [2.05, 4.69) is 53.7 Å². The molecule has 0 radical (unpaired) electrons. The van der Waals surface area contributed by atoms with Crippen LogP contribution in [0.3, 0.4) is 0 Å². The Morgan fingerprint density at radius 3 is 2.30 bits per heavy atom. The van der Waals surface area contributed by atoms with Crippen LogP contribution in [0.25, 0.3) is 0 Å². The molecule has 0 aliphatic heterocycles. The number of hydrogen-bond acceptors (Lipinski definition) is 2. The Morgan fingerprint density at radius 1 is 1.10 bits per heavy atom. The molecule has 0 heterocycles. The van der Waals surface area contributed by atoms with Crippen LogP contribution in [0, 0.1) is 12.3 Å². The summed E-state index contributed by atoms with van der Waals surface area (Å²) in [6, 6.07) is 7.36. The van der Waals surface area contributed by atoms with Gasteiger partial charge in [0.05, 0.1) is 10.1 Å². The number of sulfone groups is 1. The lowest BCUT2D eigenvalue weighted by atomic mass is 9.70. The lowest BCUT2D eigenvalue weighted by molar-refractivity contribution is 0.353. The van der Waals surface area contributed by atoms with Crippen molar-refractivity contribution in [3.8, 4) is 0 Å². The molecule has 0 saturated heterocycles. The predicted octanol–water partition coefficient (Wildman–Crippen LogP) is 7.75. The molecular formula is C27H40O2S. The van der Waals surface area contributed by atoms with Gasteiger partial charge in [-0.25, -0.2) is 8.42 Å². The molecule has 166 valence electrons. The van der Waals surface area contributed by atoms with Gasteiger partial charge in [-0.05, 0) is 96.3 Å². The van der Waals surface area contributed by atoms with Crippen molar-refractivity contribution in [3.63, 3.8) is 0 Å². The van der Waals surface area contributed by atoms with Crippen molar-refractivity contribution in [2.24, 2.45) is 5.41 Å². The minimum Gasteiger partial charge on any atom is -0.223 e. The molecule has 0 amide bonds. The second-order valence-corrected chi connectivity index (χ2v) is 11.8. The van der Waals surface area contributed by atoms with Crippen LogP contribution >= 0.6 is 0 Å². The van der Waals surface area contributed by atoms with Gasteiger partial charge in [0.1, 0.15) is 0 Å². The van der Waals surface area contributed by atoms with E-state index in [1.54, 1.807) is 12.1 Å². The van der Waals surface area contributed by atoms with E-state index >= 15 is 0 Å². The molecular weight excluding hydrogens is 388 g/mol. The summed E-state index contributed by atoms with van der Waals surface area (Å²) in [6.45, 7) is 14.9. The van der Waals surface area contributed by atoms with Crippen molar-refractivity contribution < 1.29 is 8.42 Å². The van der Waals surface area contributed by atoms with Gasteiger partial charge in [0.25, 0.3) is 0 Å². The molecule has 0 aromatic heterocycles. The van der Waals surface area contributed by atoms with Crippen molar-refractivity contribution in [1.29, 1.82) is 0 Å². The molecule has 1 aliphatic rings. The highest BCUT2D eigenvalue weighted by Crippen LogP contribution is 2.46. The highest BCUT2D eigenvalue weighted by Gasteiger charge is 2.40. The van der Waals surface area contributed by atoms with Gasteiger partial charge < -0.3 is 0 Å². The summed E-state index contributed by atoms with van der Waals surface area (Å²) >= 11 is 0. The molecule has 0 bridgehead atoms. The number of benzene rings is 1. The first-order valence-electron chi connectivity index (χ1n) is 11.3. The Morgan fingerprint density at radius 2 is 1.73 bits per heavy atom. The molecule has 2 nitrogen and oxygen atoms in total. The molecule has 1 aromatic rings. The molecule has 1 aliphatic carbocycles. The standard InChI is InChI=1S/C27H40O2S/c1-8-20(2)11-9-12-22(4)19-25(26-23(5)13-10-18-27(26,6)7)30(28,29)24-16-14-21(3)15-17-24/h8,12,14-17,25H,9-11,13,18-19H2,1-7H3. The normalized spacial score (nSPS) is 19.2. The fourth-order valence-corrected chi connectivity index (χ4v) is 6.84. The van der Waals surface area contributed by atoms with Gasteiger partial charge in [0, 0.05) is 0 Å². The van der Waals surface area contributed by atoms with Crippen molar-refractivity contribution in [2.45, 2.75) is 97.1 Å². The Balaban J connectivity index is 2.48. The quantitative estimate of drug-likeness (QED) is 0.397. The third kappa shape index (κ3) is 5.97. The number of rotatable bonds is 8. The number of allylic oxidation sites excluding steroid dienone is 5. The zero-order valence-corrected chi connectivity index (χ0v) is 20.8. The highest BCUT2D eigenvalue weighted by molar-refractivity contribution is 7.92. The van der Waals surface area contributed by atoms with E-state index in [0.29, 0.717) is 11.3 Å². The fourth-order valence-electron chi connectivity index (χ4n) is 4.68. The van der Waals surface area contributed by atoms with Crippen LogP contribution in [0.15, 0.2) is 63.6 Å². The average molecular weight is 429 g/mol. The summed E-state index contributed by atoms with van der Waals surface area (Å²) in [5.74, 6) is 0. The highest BCUT2D eigenvalue weighted by atomic mass is 32.2. The van der Waals surface area contributed by atoms with Gasteiger partial charge in [-0.2, -0.15) is 0 Å². The van der Waals surface area contributed by atoms with Crippen LogP contribution in [-0.2, 0) is 9.84 Å². The average Bonchev–Trinajstić information content (AvgIpc) is 2.66. The molecule has 0 N–H and O–H groups in total. The second-order valence-electron chi connectivity index (χ2n) is 9.71. The molecule has 30 heavy (non-hydrogen) atoms. The zero-order valence-electron chi connectivity index (χ0n) is 20.0. The lowest BCUT2D eigenvalue weighted by Gasteiger charge is -2.39. The van der Waals surface area contributed by atoms with Gasteiger partial charge >= 0.3 is 0 Å². The Bertz CT molecular complexity index is 926. The van der Waals surface area contributed by atoms with E-state index in [9.17, 15) is 8.42 Å². The Hall–Kier alpha value is -1.61. The summed E-state index contributed by atoms with van der Waals surface area (Å²) in [4.78, 5) is 0.442. The molecule has 0 saturated carbocycles. The molecule has 1 unspecified atom stereocenters. The summed E-state index contributed by atoms with van der Waals surface area (Å²) in [5, 5.41) is -0.491. The molecule has 1 aromatic carbocycles. The monoisotopic (exact) mass is 428 g/mol. The first kappa shape index (κ1) is 24.7. The van der Waals surface area contributed by atoms with Crippen molar-refractivity contribution in [2.75, 3.05) is 0 Å². The van der Waals surface area contributed by atoms with Crippen molar-refractivity contribution in [1.82, 2.24) is 0 Å². The third-order valence-corrected chi connectivity index (χ3v) is 8.70. The van der Waals surface area contributed by atoms with Crippen LogP contribution in [0.4, 0.5) is 0 Å². The van der Waals surface area contributed by atoms with Crippen LogP contribution in [-0.4, -0.2) is 13.7 Å². The second kappa shape index (κ2) is 10.1. The molecule has 0 spiro atoms. The first-order valence-corrected chi connectivity index (χ1v) is 12.8. The van der Waals surface area contributed by atoms with E-state index in [-0.39, 0.29) is 5.41 Å². The fraction of sp³-hybridized carbons (Fsp3) is 0.556. The van der Waals surface area contributed by atoms with Gasteiger partial charge in [-0.1, -0.05) is 60.4 Å². The number of hydrogen-bond donors (Lipinski definition) is 0. The van der Waals surface area contributed by atoms with Crippen molar-refractivity contribution in [3.05, 3.63) is 64.3 Å².